The number of phenols is 3. The van der Waals surface area contributed by atoms with E-state index in [1.54, 1.807) is 0 Å². The number of ketones is 1. The highest BCUT2D eigenvalue weighted by molar-refractivity contribution is 6.03. The number of benzene rings is 2. The van der Waals surface area contributed by atoms with E-state index in [1.165, 1.54) is 0 Å². The molecule has 0 aromatic heterocycles. The topological polar surface area (TPSA) is 87.0 Å². The minimum atomic E-state index is -0.553. The predicted molar refractivity (Wildman–Crippen MR) is 70.2 cm³/mol. The van der Waals surface area contributed by atoms with Gasteiger partial charge in [-0.05, 0) is 5.56 Å². The first-order valence-corrected chi connectivity index (χ1v) is 6.10. The van der Waals surface area contributed by atoms with Crippen LogP contribution in [0.5, 0.6) is 23.0 Å². The van der Waals surface area contributed by atoms with Gasteiger partial charge in [-0.3, -0.25) is 4.79 Å². The number of hydrogen-bond donors (Lipinski definition) is 3. The Kier molecular flexibility index (Phi) is 2.75. The van der Waals surface area contributed by atoms with E-state index in [0.29, 0.717) is 0 Å². The average molecular weight is 272 g/mol. The van der Waals surface area contributed by atoms with Crippen LogP contribution in [-0.2, 0) is 0 Å². The van der Waals surface area contributed by atoms with E-state index in [4.69, 9.17) is 4.74 Å². The zero-order chi connectivity index (χ0) is 14.3. The number of rotatable bonds is 1. The van der Waals surface area contributed by atoms with Crippen molar-refractivity contribution in [1.29, 1.82) is 0 Å². The van der Waals surface area contributed by atoms with E-state index in [1.807, 2.05) is 30.3 Å². The Morgan fingerprint density at radius 3 is 2.45 bits per heavy atom. The normalized spacial score (nSPS) is 17.4. The average Bonchev–Trinajstić information content (AvgIpc) is 2.45. The highest BCUT2D eigenvalue weighted by Crippen LogP contribution is 2.48. The lowest BCUT2D eigenvalue weighted by molar-refractivity contribution is 0.0836. The lowest BCUT2D eigenvalue weighted by atomic mass is 9.95. The maximum atomic E-state index is 12.1. The summed E-state index contributed by atoms with van der Waals surface area (Å²) >= 11 is 0. The second-order valence-corrected chi connectivity index (χ2v) is 4.61. The second-order valence-electron chi connectivity index (χ2n) is 4.61. The van der Waals surface area contributed by atoms with Crippen LogP contribution in [0.25, 0.3) is 0 Å². The van der Waals surface area contributed by atoms with Crippen LogP contribution in [0.2, 0.25) is 0 Å². The van der Waals surface area contributed by atoms with Crippen LogP contribution >= 0.6 is 0 Å². The number of carbonyl (C=O) groups excluding carboxylic acids is 1. The number of Topliss-reactive ketones (excluding diaryl/α,β-unsaturated/α-hetero) is 1. The first kappa shape index (κ1) is 12.3. The SMILES string of the molecule is O=C1CC(c2ccccc2)Oc2c(O)c(O)cc(O)c21. The van der Waals surface area contributed by atoms with Gasteiger partial charge in [0.1, 0.15) is 17.4 Å². The van der Waals surface area contributed by atoms with E-state index < -0.39 is 23.4 Å². The van der Waals surface area contributed by atoms with Gasteiger partial charge in [-0.15, -0.1) is 0 Å². The van der Waals surface area contributed by atoms with Crippen molar-refractivity contribution in [2.45, 2.75) is 12.5 Å². The molecule has 1 aliphatic heterocycles. The number of phenolic OH excluding ortho intramolecular Hbond substituents is 3. The molecule has 0 saturated heterocycles. The van der Waals surface area contributed by atoms with E-state index in [9.17, 15) is 20.1 Å². The maximum absolute atomic E-state index is 12.1. The molecule has 0 fully saturated rings. The summed E-state index contributed by atoms with van der Waals surface area (Å²) < 4.78 is 5.59. The molecular formula is C15H12O5. The van der Waals surface area contributed by atoms with Crippen molar-refractivity contribution >= 4 is 5.78 Å². The van der Waals surface area contributed by atoms with Gasteiger partial charge in [0, 0.05) is 6.07 Å². The van der Waals surface area contributed by atoms with Crippen LogP contribution in [-0.4, -0.2) is 21.1 Å². The number of hydrogen-bond acceptors (Lipinski definition) is 5. The first-order valence-electron chi connectivity index (χ1n) is 6.10. The summed E-state index contributed by atoms with van der Waals surface area (Å²) in [7, 11) is 0. The van der Waals surface area contributed by atoms with Gasteiger partial charge in [-0.2, -0.15) is 0 Å². The first-order chi connectivity index (χ1) is 9.58. The van der Waals surface area contributed by atoms with Crippen molar-refractivity contribution in [3.63, 3.8) is 0 Å². The van der Waals surface area contributed by atoms with Crippen molar-refractivity contribution in [3.05, 3.63) is 47.5 Å². The number of ether oxygens (including phenoxy) is 1. The third-order valence-corrected chi connectivity index (χ3v) is 3.30. The van der Waals surface area contributed by atoms with E-state index in [2.05, 4.69) is 0 Å². The molecule has 0 aliphatic carbocycles. The van der Waals surface area contributed by atoms with E-state index in [-0.39, 0.29) is 23.5 Å². The van der Waals surface area contributed by atoms with Crippen LogP contribution in [0.15, 0.2) is 36.4 Å². The predicted octanol–water partition coefficient (Wildman–Crippen LogP) is 2.51. The lowest BCUT2D eigenvalue weighted by Gasteiger charge is -2.26. The van der Waals surface area contributed by atoms with Gasteiger partial charge in [0.05, 0.1) is 6.42 Å². The molecule has 5 heteroatoms. The molecule has 0 bridgehead atoms. The molecule has 1 unspecified atom stereocenters. The Morgan fingerprint density at radius 2 is 1.75 bits per heavy atom. The van der Waals surface area contributed by atoms with Crippen LogP contribution in [0.4, 0.5) is 0 Å². The highest BCUT2D eigenvalue weighted by atomic mass is 16.5. The summed E-state index contributed by atoms with van der Waals surface area (Å²) in [5.41, 5.74) is 0.696. The third-order valence-electron chi connectivity index (χ3n) is 3.30. The Morgan fingerprint density at radius 1 is 1.05 bits per heavy atom. The minimum absolute atomic E-state index is 0.0643. The molecule has 102 valence electrons. The third kappa shape index (κ3) is 1.84. The van der Waals surface area contributed by atoms with Gasteiger partial charge in [0.25, 0.3) is 0 Å². The lowest BCUT2D eigenvalue weighted by Crippen LogP contribution is -2.20. The van der Waals surface area contributed by atoms with E-state index >= 15 is 0 Å². The monoisotopic (exact) mass is 272 g/mol. The molecule has 20 heavy (non-hydrogen) atoms. The Labute approximate surface area is 114 Å². The summed E-state index contributed by atoms with van der Waals surface area (Å²) in [5.74, 6) is -1.97. The molecule has 0 spiro atoms. The minimum Gasteiger partial charge on any atom is -0.507 e. The molecule has 1 heterocycles. The molecule has 3 rings (SSSR count). The van der Waals surface area contributed by atoms with Gasteiger partial charge in [0.15, 0.2) is 17.3 Å². The summed E-state index contributed by atoms with van der Waals surface area (Å²) in [6.07, 6.45) is -0.488. The molecule has 5 nitrogen and oxygen atoms in total. The zero-order valence-corrected chi connectivity index (χ0v) is 10.4. The summed E-state index contributed by atoms with van der Waals surface area (Å²) in [4.78, 5) is 12.1. The molecular weight excluding hydrogens is 260 g/mol. The van der Waals surface area contributed by atoms with Crippen molar-refractivity contribution < 1.29 is 24.9 Å². The van der Waals surface area contributed by atoms with Crippen molar-refractivity contribution in [2.75, 3.05) is 0 Å². The highest BCUT2D eigenvalue weighted by Gasteiger charge is 2.33. The molecule has 0 radical (unpaired) electrons. The second kappa shape index (κ2) is 4.45. The summed E-state index contributed by atoms with van der Waals surface area (Å²) in [5, 5.41) is 29.0. The smallest absolute Gasteiger partial charge is 0.201 e. The van der Waals surface area contributed by atoms with Crippen LogP contribution in [0.3, 0.4) is 0 Å². The van der Waals surface area contributed by atoms with Gasteiger partial charge in [0.2, 0.25) is 5.75 Å². The van der Waals surface area contributed by atoms with E-state index in [0.717, 1.165) is 11.6 Å². The van der Waals surface area contributed by atoms with Crippen molar-refractivity contribution in [2.24, 2.45) is 0 Å². The van der Waals surface area contributed by atoms with Crippen LogP contribution in [0.1, 0.15) is 28.4 Å². The Hall–Kier alpha value is -2.69. The zero-order valence-electron chi connectivity index (χ0n) is 10.4. The fourth-order valence-electron chi connectivity index (χ4n) is 2.31. The van der Waals surface area contributed by atoms with Crippen LogP contribution in [0, 0.1) is 0 Å². The standard InChI is InChI=1S/C15H12O5/c16-9-6-11(18)14(19)15-13(9)10(17)7-12(20-15)8-4-2-1-3-5-8/h1-6,12,16,18-19H,7H2. The fraction of sp³-hybridized carbons (Fsp3) is 0.133. The summed E-state index contributed by atoms with van der Waals surface area (Å²) in [6, 6.07) is 10.0. The number of carbonyl (C=O) groups is 1. The quantitative estimate of drug-likeness (QED) is 0.548. The fourth-order valence-corrected chi connectivity index (χ4v) is 2.31. The molecule has 1 atom stereocenters. The molecule has 2 aromatic carbocycles. The van der Waals surface area contributed by atoms with Gasteiger partial charge in [-0.1, -0.05) is 30.3 Å². The Balaban J connectivity index is 2.09. The number of aromatic hydroxyl groups is 3. The molecule has 0 saturated carbocycles. The number of fused-ring (bicyclic) bond motifs is 1. The molecule has 2 aromatic rings. The van der Waals surface area contributed by atoms with Crippen molar-refractivity contribution in [1.82, 2.24) is 0 Å². The molecule has 0 amide bonds. The largest absolute Gasteiger partial charge is 0.507 e. The van der Waals surface area contributed by atoms with Gasteiger partial charge < -0.3 is 20.1 Å². The van der Waals surface area contributed by atoms with Crippen LogP contribution < -0.4 is 4.74 Å². The Bertz CT molecular complexity index is 678. The molecule has 3 N–H and O–H groups in total. The maximum Gasteiger partial charge on any atom is 0.201 e. The van der Waals surface area contributed by atoms with Gasteiger partial charge >= 0.3 is 0 Å². The molecule has 1 aliphatic rings. The van der Waals surface area contributed by atoms with Gasteiger partial charge in [-0.25, -0.2) is 0 Å². The van der Waals surface area contributed by atoms with Crippen molar-refractivity contribution in [3.8, 4) is 23.0 Å². The summed E-state index contributed by atoms with van der Waals surface area (Å²) in [6.45, 7) is 0.